The molecule has 0 aromatic carbocycles. The third-order valence-electron chi connectivity index (χ3n) is 3.61. The van der Waals surface area contributed by atoms with Crippen LogP contribution in [0.2, 0.25) is 0 Å². The Morgan fingerprint density at radius 1 is 1.39 bits per heavy atom. The highest BCUT2D eigenvalue weighted by molar-refractivity contribution is 5.80. The van der Waals surface area contributed by atoms with Crippen molar-refractivity contribution in [3.63, 3.8) is 0 Å². The third kappa shape index (κ3) is 5.36. The summed E-state index contributed by atoms with van der Waals surface area (Å²) in [6.45, 7) is 4.82. The molecule has 1 unspecified atom stereocenters. The van der Waals surface area contributed by atoms with Crippen molar-refractivity contribution < 1.29 is 14.6 Å². The first kappa shape index (κ1) is 15.4. The molecule has 0 aliphatic heterocycles. The van der Waals surface area contributed by atoms with Crippen LogP contribution in [0.4, 0.5) is 0 Å². The number of carbonyl (C=O) groups excluding carboxylic acids is 1. The maximum absolute atomic E-state index is 11.8. The lowest BCUT2D eigenvalue weighted by Crippen LogP contribution is -2.47. The van der Waals surface area contributed by atoms with Crippen LogP contribution >= 0.6 is 0 Å². The first-order chi connectivity index (χ1) is 8.57. The van der Waals surface area contributed by atoms with E-state index in [1.54, 1.807) is 6.92 Å². The Morgan fingerprint density at radius 2 is 2.06 bits per heavy atom. The topological polar surface area (TPSA) is 58.6 Å². The summed E-state index contributed by atoms with van der Waals surface area (Å²) in [6, 6.07) is 0. The molecule has 1 amide bonds. The van der Waals surface area contributed by atoms with E-state index in [1.165, 1.54) is 6.42 Å². The molecule has 0 heterocycles. The first-order valence-corrected chi connectivity index (χ1v) is 7.19. The van der Waals surface area contributed by atoms with Crippen LogP contribution < -0.4 is 5.32 Å². The van der Waals surface area contributed by atoms with Gasteiger partial charge in [-0.15, -0.1) is 0 Å². The zero-order valence-electron chi connectivity index (χ0n) is 11.7. The van der Waals surface area contributed by atoms with Gasteiger partial charge in [0.1, 0.15) is 6.10 Å². The molecule has 1 atom stereocenters. The lowest BCUT2D eigenvalue weighted by atomic mass is 9.85. The smallest absolute Gasteiger partial charge is 0.248 e. The molecule has 0 aromatic heterocycles. The van der Waals surface area contributed by atoms with Gasteiger partial charge in [0.2, 0.25) is 5.91 Å². The van der Waals surface area contributed by atoms with Gasteiger partial charge < -0.3 is 15.2 Å². The average molecular weight is 257 g/mol. The number of nitrogens with one attached hydrogen (secondary N) is 1. The van der Waals surface area contributed by atoms with Gasteiger partial charge in [0, 0.05) is 13.2 Å². The van der Waals surface area contributed by atoms with Gasteiger partial charge in [-0.05, 0) is 26.2 Å². The molecule has 106 valence electrons. The Labute approximate surface area is 110 Å². The van der Waals surface area contributed by atoms with E-state index in [0.717, 1.165) is 38.5 Å². The fourth-order valence-electron chi connectivity index (χ4n) is 2.26. The number of hydrogen-bond acceptors (Lipinski definition) is 3. The predicted molar refractivity (Wildman–Crippen MR) is 71.4 cm³/mol. The summed E-state index contributed by atoms with van der Waals surface area (Å²) in [5, 5.41) is 13.1. The zero-order valence-corrected chi connectivity index (χ0v) is 11.7. The van der Waals surface area contributed by atoms with E-state index in [1.807, 2.05) is 0 Å². The van der Waals surface area contributed by atoms with E-state index < -0.39 is 11.7 Å². The Balaban J connectivity index is 2.22. The monoisotopic (exact) mass is 257 g/mol. The van der Waals surface area contributed by atoms with Crippen LogP contribution in [0.5, 0.6) is 0 Å². The highest BCUT2D eigenvalue weighted by atomic mass is 16.5. The standard InChI is InChI=1S/C14H27NO3/c1-3-4-10-18-12(2)13(16)15-11-14(17)8-6-5-7-9-14/h12,17H,3-11H2,1-2H3,(H,15,16). The van der Waals surface area contributed by atoms with E-state index in [2.05, 4.69) is 12.2 Å². The second-order valence-electron chi connectivity index (χ2n) is 5.37. The molecule has 4 nitrogen and oxygen atoms in total. The van der Waals surface area contributed by atoms with E-state index in [9.17, 15) is 9.90 Å². The molecule has 1 aliphatic carbocycles. The number of unbranched alkanes of at least 4 members (excludes halogenated alkanes) is 1. The van der Waals surface area contributed by atoms with E-state index >= 15 is 0 Å². The van der Waals surface area contributed by atoms with Gasteiger partial charge in [0.15, 0.2) is 0 Å². The minimum Gasteiger partial charge on any atom is -0.388 e. The van der Waals surface area contributed by atoms with Gasteiger partial charge in [-0.3, -0.25) is 4.79 Å². The minimum absolute atomic E-state index is 0.120. The molecule has 4 heteroatoms. The second-order valence-corrected chi connectivity index (χ2v) is 5.37. The van der Waals surface area contributed by atoms with Crippen molar-refractivity contribution in [3.8, 4) is 0 Å². The summed E-state index contributed by atoms with van der Waals surface area (Å²) in [5.41, 5.74) is -0.697. The highest BCUT2D eigenvalue weighted by Gasteiger charge is 2.30. The molecule has 1 saturated carbocycles. The molecular formula is C14H27NO3. The SMILES string of the molecule is CCCCOC(C)C(=O)NCC1(O)CCCCC1. The van der Waals surface area contributed by atoms with Crippen molar-refractivity contribution in [1.82, 2.24) is 5.32 Å². The minimum atomic E-state index is -0.697. The van der Waals surface area contributed by atoms with Gasteiger partial charge in [0.05, 0.1) is 5.60 Å². The van der Waals surface area contributed by atoms with Crippen LogP contribution in [0.3, 0.4) is 0 Å². The van der Waals surface area contributed by atoms with Crippen molar-refractivity contribution in [2.45, 2.75) is 70.5 Å². The molecule has 0 spiro atoms. The maximum Gasteiger partial charge on any atom is 0.248 e. The molecule has 2 N–H and O–H groups in total. The summed E-state index contributed by atoms with van der Waals surface area (Å²) in [5.74, 6) is -0.120. The lowest BCUT2D eigenvalue weighted by molar-refractivity contribution is -0.133. The predicted octanol–water partition coefficient (Wildman–Crippen LogP) is 2.00. The maximum atomic E-state index is 11.8. The first-order valence-electron chi connectivity index (χ1n) is 7.19. The number of rotatable bonds is 7. The van der Waals surface area contributed by atoms with Gasteiger partial charge in [-0.25, -0.2) is 0 Å². The Bertz CT molecular complexity index is 249. The molecule has 18 heavy (non-hydrogen) atoms. The zero-order chi connectivity index (χ0) is 13.4. The number of aliphatic hydroxyl groups is 1. The number of ether oxygens (including phenoxy) is 1. The van der Waals surface area contributed by atoms with Crippen molar-refractivity contribution in [2.24, 2.45) is 0 Å². The molecule has 1 rings (SSSR count). The van der Waals surface area contributed by atoms with Crippen LogP contribution in [0.15, 0.2) is 0 Å². The molecule has 0 bridgehead atoms. The van der Waals surface area contributed by atoms with E-state index in [4.69, 9.17) is 4.74 Å². The summed E-state index contributed by atoms with van der Waals surface area (Å²) < 4.78 is 5.42. The molecule has 1 aliphatic rings. The van der Waals surface area contributed by atoms with Crippen LogP contribution in [0, 0.1) is 0 Å². The van der Waals surface area contributed by atoms with Crippen LogP contribution in [-0.2, 0) is 9.53 Å². The van der Waals surface area contributed by atoms with Crippen molar-refractivity contribution in [1.29, 1.82) is 0 Å². The van der Waals surface area contributed by atoms with Gasteiger partial charge in [0.25, 0.3) is 0 Å². The molecule has 0 saturated heterocycles. The second kappa shape index (κ2) is 7.74. The molecule has 1 fully saturated rings. The van der Waals surface area contributed by atoms with Crippen molar-refractivity contribution in [2.75, 3.05) is 13.2 Å². The number of amides is 1. The summed E-state index contributed by atoms with van der Waals surface area (Å²) >= 11 is 0. The van der Waals surface area contributed by atoms with Crippen LogP contribution in [0.25, 0.3) is 0 Å². The highest BCUT2D eigenvalue weighted by Crippen LogP contribution is 2.27. The number of hydrogen-bond donors (Lipinski definition) is 2. The third-order valence-corrected chi connectivity index (χ3v) is 3.61. The summed E-state index contributed by atoms with van der Waals surface area (Å²) in [4.78, 5) is 11.8. The summed E-state index contributed by atoms with van der Waals surface area (Å²) in [6.07, 6.45) is 6.48. The van der Waals surface area contributed by atoms with Gasteiger partial charge in [-0.1, -0.05) is 32.6 Å². The molecular weight excluding hydrogens is 230 g/mol. The largest absolute Gasteiger partial charge is 0.388 e. The fraction of sp³-hybridized carbons (Fsp3) is 0.929. The van der Waals surface area contributed by atoms with E-state index in [0.29, 0.717) is 13.2 Å². The van der Waals surface area contributed by atoms with Crippen LogP contribution in [-0.4, -0.2) is 35.9 Å². The van der Waals surface area contributed by atoms with Gasteiger partial charge >= 0.3 is 0 Å². The summed E-state index contributed by atoms with van der Waals surface area (Å²) in [7, 11) is 0. The van der Waals surface area contributed by atoms with Crippen LogP contribution in [0.1, 0.15) is 58.8 Å². The van der Waals surface area contributed by atoms with Crippen molar-refractivity contribution in [3.05, 3.63) is 0 Å². The van der Waals surface area contributed by atoms with E-state index in [-0.39, 0.29) is 5.91 Å². The fourth-order valence-corrected chi connectivity index (χ4v) is 2.26. The number of carbonyl (C=O) groups is 1. The Hall–Kier alpha value is -0.610. The molecule has 0 radical (unpaired) electrons. The normalized spacial score (nSPS) is 20.4. The van der Waals surface area contributed by atoms with Crippen molar-refractivity contribution >= 4 is 5.91 Å². The average Bonchev–Trinajstić information content (AvgIpc) is 2.37. The quantitative estimate of drug-likeness (QED) is 0.686. The Morgan fingerprint density at radius 3 is 2.67 bits per heavy atom. The van der Waals surface area contributed by atoms with Gasteiger partial charge in [-0.2, -0.15) is 0 Å². The lowest BCUT2D eigenvalue weighted by Gasteiger charge is -2.32. The molecule has 0 aromatic rings. The Kier molecular flexibility index (Phi) is 6.65.